The van der Waals surface area contributed by atoms with E-state index in [0.29, 0.717) is 5.41 Å². The number of fused-ring (bicyclic) bond motifs is 1. The number of hydrogen-bond acceptors (Lipinski definition) is 3. The summed E-state index contributed by atoms with van der Waals surface area (Å²) in [5.41, 5.74) is 0.130. The summed E-state index contributed by atoms with van der Waals surface area (Å²) in [4.78, 5) is 13.0. The molecule has 0 aliphatic heterocycles. The Kier molecular flexibility index (Phi) is 2.11. The minimum Gasteiger partial charge on any atom is -0.442 e. The fraction of sp³-hybridized carbons (Fsp3) is 0.846. The number of nitrogens with zero attached hydrogens (tertiary/aromatic N) is 1. The fourth-order valence-corrected chi connectivity index (χ4v) is 4.45. The van der Waals surface area contributed by atoms with Crippen molar-refractivity contribution in [3.8, 4) is 0 Å². The molecule has 0 heterocycles. The van der Waals surface area contributed by atoms with Crippen molar-refractivity contribution < 1.29 is 9.53 Å². The van der Waals surface area contributed by atoms with Gasteiger partial charge in [0, 0.05) is 12.5 Å². The summed E-state index contributed by atoms with van der Waals surface area (Å²) >= 11 is 0. The number of carbonyl (C=O) groups excluding carboxylic acids is 1. The molecule has 4 unspecified atom stereocenters. The molecule has 0 aromatic carbocycles. The molecule has 1 amide bonds. The molecule has 94 valence electrons. The first kappa shape index (κ1) is 11.1. The van der Waals surface area contributed by atoms with E-state index in [0.717, 1.165) is 31.0 Å². The Morgan fingerprint density at radius 1 is 1.47 bits per heavy atom. The van der Waals surface area contributed by atoms with Crippen molar-refractivity contribution in [2.75, 3.05) is 7.05 Å². The van der Waals surface area contributed by atoms with Gasteiger partial charge in [0.2, 0.25) is 0 Å². The molecular weight excluding hydrogens is 216 g/mol. The Hall–Kier alpha value is -1.06. The minimum absolute atomic E-state index is 0.170. The highest BCUT2D eigenvalue weighted by molar-refractivity contribution is 5.81. The van der Waals surface area contributed by atoms with Crippen LogP contribution >= 0.6 is 0 Å². The van der Waals surface area contributed by atoms with Crippen LogP contribution in [-0.2, 0) is 4.74 Å². The summed E-state index contributed by atoms with van der Waals surface area (Å²) in [5.74, 6) is 1.53. The van der Waals surface area contributed by atoms with Crippen LogP contribution < -0.4 is 0 Å². The van der Waals surface area contributed by atoms with Gasteiger partial charge in [-0.3, -0.25) is 10.3 Å². The van der Waals surface area contributed by atoms with Gasteiger partial charge < -0.3 is 4.74 Å². The van der Waals surface area contributed by atoms with Gasteiger partial charge in [-0.15, -0.1) is 0 Å². The normalized spacial score (nSPS) is 46.0. The molecule has 0 radical (unpaired) electrons. The molecule has 1 spiro atoms. The van der Waals surface area contributed by atoms with E-state index in [-0.39, 0.29) is 11.7 Å². The van der Waals surface area contributed by atoms with Crippen molar-refractivity contribution in [3.05, 3.63) is 0 Å². The van der Waals surface area contributed by atoms with Crippen molar-refractivity contribution in [1.29, 1.82) is 5.41 Å². The van der Waals surface area contributed by atoms with Gasteiger partial charge in [-0.25, -0.2) is 4.79 Å². The van der Waals surface area contributed by atoms with Crippen LogP contribution in [0, 0.1) is 22.7 Å². The van der Waals surface area contributed by atoms with E-state index < -0.39 is 0 Å². The lowest BCUT2D eigenvalue weighted by molar-refractivity contribution is 0.0497. The second-order valence-electron chi connectivity index (χ2n) is 6.38. The molecule has 1 N–H and O–H groups in total. The first-order chi connectivity index (χ1) is 8.00. The highest BCUT2D eigenvalue weighted by atomic mass is 16.6. The van der Waals surface area contributed by atoms with E-state index >= 15 is 0 Å². The van der Waals surface area contributed by atoms with Gasteiger partial charge in [-0.05, 0) is 43.9 Å². The van der Waals surface area contributed by atoms with E-state index in [4.69, 9.17) is 10.1 Å². The summed E-state index contributed by atoms with van der Waals surface area (Å²) in [7, 11) is 1.57. The lowest BCUT2D eigenvalue weighted by Gasteiger charge is -2.27. The number of carbonyl (C=O) groups is 1. The van der Waals surface area contributed by atoms with Crippen molar-refractivity contribution in [1.82, 2.24) is 4.90 Å². The van der Waals surface area contributed by atoms with Gasteiger partial charge in [-0.1, -0.05) is 6.92 Å². The third-order valence-electron chi connectivity index (χ3n) is 5.00. The molecule has 4 atom stereocenters. The Labute approximate surface area is 102 Å². The van der Waals surface area contributed by atoms with Crippen molar-refractivity contribution in [2.24, 2.45) is 17.3 Å². The molecule has 2 bridgehead atoms. The molecule has 3 rings (SSSR count). The quantitative estimate of drug-likeness (QED) is 0.592. The fourth-order valence-electron chi connectivity index (χ4n) is 4.45. The number of amides is 1. The van der Waals surface area contributed by atoms with Gasteiger partial charge >= 0.3 is 6.09 Å². The predicted molar refractivity (Wildman–Crippen MR) is 63.9 cm³/mol. The average molecular weight is 236 g/mol. The van der Waals surface area contributed by atoms with E-state index in [9.17, 15) is 4.79 Å². The van der Waals surface area contributed by atoms with Crippen LogP contribution in [0.3, 0.4) is 0 Å². The van der Waals surface area contributed by atoms with Crippen LogP contribution in [0.25, 0.3) is 0 Å². The van der Waals surface area contributed by atoms with Gasteiger partial charge in [0.25, 0.3) is 0 Å². The minimum atomic E-state index is -0.364. The van der Waals surface area contributed by atoms with Gasteiger partial charge in [0.05, 0.1) is 6.34 Å². The SMILES string of the molecule is CC1CC2CC3(C1)CC3(OC(=O)N(C)C=N)C2. The van der Waals surface area contributed by atoms with Crippen LogP contribution in [0.5, 0.6) is 0 Å². The Morgan fingerprint density at radius 2 is 2.24 bits per heavy atom. The Balaban J connectivity index is 1.74. The summed E-state index contributed by atoms with van der Waals surface area (Å²) in [5, 5.41) is 7.07. The second kappa shape index (κ2) is 3.24. The van der Waals surface area contributed by atoms with Gasteiger partial charge in [0.1, 0.15) is 5.60 Å². The van der Waals surface area contributed by atoms with E-state index in [2.05, 4.69) is 6.92 Å². The highest BCUT2D eigenvalue weighted by Crippen LogP contribution is 2.76. The first-order valence-corrected chi connectivity index (χ1v) is 6.47. The molecule has 0 saturated heterocycles. The van der Waals surface area contributed by atoms with Crippen LogP contribution in [-0.4, -0.2) is 30.0 Å². The maximum Gasteiger partial charge on any atom is 0.415 e. The van der Waals surface area contributed by atoms with E-state index in [1.807, 2.05) is 0 Å². The third kappa shape index (κ3) is 1.42. The summed E-state index contributed by atoms with van der Waals surface area (Å²) < 4.78 is 5.71. The standard InChI is InChI=1S/C13H20N2O2/c1-9-3-10-5-12(4-9)7-13(12,6-10)17-11(16)15(2)8-14/h8-10,14H,3-7H2,1-2H3. The third-order valence-corrected chi connectivity index (χ3v) is 5.00. The maximum atomic E-state index is 11.8. The van der Waals surface area contributed by atoms with Gasteiger partial charge in [0.15, 0.2) is 0 Å². The lowest BCUT2D eigenvalue weighted by atomic mass is 9.77. The van der Waals surface area contributed by atoms with Crippen molar-refractivity contribution in [2.45, 2.75) is 44.6 Å². The van der Waals surface area contributed by atoms with Gasteiger partial charge in [-0.2, -0.15) is 0 Å². The number of nitrogens with one attached hydrogen (secondary N) is 1. The van der Waals surface area contributed by atoms with Crippen LogP contribution in [0.4, 0.5) is 4.79 Å². The topological polar surface area (TPSA) is 53.4 Å². The molecule has 3 aliphatic carbocycles. The van der Waals surface area contributed by atoms with E-state index in [1.165, 1.54) is 24.2 Å². The molecular formula is C13H20N2O2. The van der Waals surface area contributed by atoms with Crippen LogP contribution in [0.15, 0.2) is 0 Å². The second-order valence-corrected chi connectivity index (χ2v) is 6.38. The number of hydrogen-bond donors (Lipinski definition) is 1. The highest BCUT2D eigenvalue weighted by Gasteiger charge is 2.76. The zero-order chi connectivity index (χ0) is 12.3. The molecule has 17 heavy (non-hydrogen) atoms. The van der Waals surface area contributed by atoms with E-state index in [1.54, 1.807) is 7.05 Å². The molecule has 4 nitrogen and oxygen atoms in total. The summed E-state index contributed by atoms with van der Waals surface area (Å²) in [6.07, 6.45) is 6.51. The molecule has 3 aliphatic rings. The molecule has 3 fully saturated rings. The summed E-state index contributed by atoms with van der Waals surface area (Å²) in [6, 6.07) is 0. The largest absolute Gasteiger partial charge is 0.442 e. The summed E-state index contributed by atoms with van der Waals surface area (Å²) in [6.45, 7) is 2.31. The first-order valence-electron chi connectivity index (χ1n) is 6.47. The Morgan fingerprint density at radius 3 is 2.94 bits per heavy atom. The number of ether oxygens (including phenoxy) is 1. The van der Waals surface area contributed by atoms with Crippen LogP contribution in [0.1, 0.15) is 39.0 Å². The maximum absolute atomic E-state index is 11.8. The zero-order valence-corrected chi connectivity index (χ0v) is 10.5. The number of rotatable bonds is 2. The molecule has 0 aromatic rings. The molecule has 4 heteroatoms. The van der Waals surface area contributed by atoms with Crippen LogP contribution in [0.2, 0.25) is 0 Å². The van der Waals surface area contributed by atoms with Crippen molar-refractivity contribution >= 4 is 12.4 Å². The average Bonchev–Trinajstić information content (AvgIpc) is 2.73. The lowest BCUT2D eigenvalue weighted by Crippen LogP contribution is -2.32. The monoisotopic (exact) mass is 236 g/mol. The predicted octanol–water partition coefficient (Wildman–Crippen LogP) is 2.63. The molecule has 0 aromatic heterocycles. The van der Waals surface area contributed by atoms with Crippen molar-refractivity contribution in [3.63, 3.8) is 0 Å². The Bertz CT molecular complexity index is 384. The molecule has 3 saturated carbocycles. The zero-order valence-electron chi connectivity index (χ0n) is 10.5. The smallest absolute Gasteiger partial charge is 0.415 e.